The van der Waals surface area contributed by atoms with E-state index in [1.165, 1.54) is 51.4 Å². The number of hydrogen-bond acceptors (Lipinski definition) is 1. The Bertz CT molecular complexity index is 420. The van der Waals surface area contributed by atoms with Gasteiger partial charge in [0.2, 0.25) is 0 Å². The summed E-state index contributed by atoms with van der Waals surface area (Å²) in [5.74, 6) is -0.0936. The summed E-state index contributed by atoms with van der Waals surface area (Å²) < 4.78 is 32.5. The average Bonchev–Trinajstić information content (AvgIpc) is 2.61. The van der Waals surface area contributed by atoms with Gasteiger partial charge in [-0.3, -0.25) is 0 Å². The molecule has 2 saturated carbocycles. The molecule has 0 aromatic rings. The molecule has 21 heavy (non-hydrogen) atoms. The fourth-order valence-corrected chi connectivity index (χ4v) is 3.98. The lowest BCUT2D eigenvalue weighted by molar-refractivity contribution is -0.112. The lowest BCUT2D eigenvalue weighted by Crippen LogP contribution is -2.18. The zero-order valence-electron chi connectivity index (χ0n) is 17.8. The van der Waals surface area contributed by atoms with E-state index >= 15 is 0 Å². The van der Waals surface area contributed by atoms with E-state index in [0.717, 1.165) is 24.7 Å². The number of hydrogen-bond donors (Lipinski definition) is 0. The van der Waals surface area contributed by atoms with Crippen molar-refractivity contribution >= 4 is 6.29 Å². The first-order chi connectivity index (χ1) is 11.8. The summed E-state index contributed by atoms with van der Waals surface area (Å²) in [6, 6.07) is 0. The van der Waals surface area contributed by atoms with Gasteiger partial charge in [0, 0.05) is 11.4 Å². The van der Waals surface area contributed by atoms with Crippen LogP contribution in [0.3, 0.4) is 0 Å². The molecular formula is C20H36O. The maximum atomic E-state index is 11.2. The molecule has 3 unspecified atom stereocenters. The van der Waals surface area contributed by atoms with E-state index < -0.39 is 18.7 Å². The zero-order valence-corrected chi connectivity index (χ0v) is 13.8. The molecule has 2 aliphatic rings. The van der Waals surface area contributed by atoms with Gasteiger partial charge in [-0.05, 0) is 43.4 Å². The van der Waals surface area contributed by atoms with Crippen LogP contribution in [0.25, 0.3) is 0 Å². The highest BCUT2D eigenvalue weighted by Crippen LogP contribution is 2.37. The van der Waals surface area contributed by atoms with Gasteiger partial charge in [0.15, 0.2) is 0 Å². The summed E-state index contributed by atoms with van der Waals surface area (Å²) in [4.78, 5) is 11.2. The lowest BCUT2D eigenvalue weighted by atomic mass is 9.75. The average molecular weight is 297 g/mol. The molecule has 3 atom stereocenters. The number of carbonyl (C=O) groups is 1. The van der Waals surface area contributed by atoms with Gasteiger partial charge in [0.25, 0.3) is 0 Å². The van der Waals surface area contributed by atoms with Gasteiger partial charge in [-0.25, -0.2) is 0 Å². The summed E-state index contributed by atoms with van der Waals surface area (Å²) in [5.41, 5.74) is 0. The van der Waals surface area contributed by atoms with Crippen molar-refractivity contribution in [1.29, 1.82) is 0 Å². The molecule has 0 bridgehead atoms. The Labute approximate surface area is 137 Å². The third-order valence-corrected chi connectivity index (χ3v) is 5.56. The first-order valence-corrected chi connectivity index (χ1v) is 9.22. The Morgan fingerprint density at radius 3 is 2.24 bits per heavy atom. The number of rotatable bonds is 8. The van der Waals surface area contributed by atoms with E-state index in [2.05, 4.69) is 6.92 Å². The van der Waals surface area contributed by atoms with Crippen LogP contribution in [0, 0.1) is 23.6 Å². The van der Waals surface area contributed by atoms with Gasteiger partial charge in [-0.15, -0.1) is 0 Å². The van der Waals surface area contributed by atoms with Crippen molar-refractivity contribution in [3.63, 3.8) is 0 Å². The smallest absolute Gasteiger partial charge is 0.123 e. The summed E-state index contributed by atoms with van der Waals surface area (Å²) >= 11 is 0. The molecule has 0 spiro atoms. The summed E-state index contributed by atoms with van der Waals surface area (Å²) in [6.45, 7) is 2.25. The molecule has 2 fully saturated rings. The van der Waals surface area contributed by atoms with Crippen LogP contribution in [0.1, 0.15) is 102 Å². The van der Waals surface area contributed by atoms with Gasteiger partial charge in [0.1, 0.15) is 6.29 Å². The third-order valence-electron chi connectivity index (χ3n) is 5.56. The molecule has 122 valence electrons. The predicted molar refractivity (Wildman–Crippen MR) is 90.3 cm³/mol. The van der Waals surface area contributed by atoms with Crippen molar-refractivity contribution in [2.45, 2.75) is 96.7 Å². The Morgan fingerprint density at radius 1 is 0.952 bits per heavy atom. The minimum absolute atomic E-state index is 0.00398. The summed E-state index contributed by atoms with van der Waals surface area (Å²) in [7, 11) is 0. The number of unbranched alkanes of at least 4 members (excludes halogenated alkanes) is 2. The van der Waals surface area contributed by atoms with Gasteiger partial charge in [-0.1, -0.05) is 71.1 Å². The third kappa shape index (κ3) is 6.12. The standard InChI is InChI=1S/C20H36O/c1-2-3-4-5-17-6-8-18(9-7-17)10-11-19-12-14-20(16-21)15-13-19/h16-20H,2-15H2,1H3/i12D,14D2,20D. The lowest BCUT2D eigenvalue weighted by Gasteiger charge is -2.31. The zero-order chi connectivity index (χ0) is 18.5. The van der Waals surface area contributed by atoms with E-state index in [9.17, 15) is 4.79 Å². The molecule has 0 N–H and O–H groups in total. The molecule has 1 heteroatoms. The Balaban J connectivity index is 1.75. The maximum absolute atomic E-state index is 11.2. The Hall–Kier alpha value is -0.330. The molecule has 0 aromatic carbocycles. The molecule has 0 aromatic heterocycles. The second-order valence-corrected chi connectivity index (χ2v) is 7.21. The van der Waals surface area contributed by atoms with Crippen molar-refractivity contribution in [3.05, 3.63) is 0 Å². The van der Waals surface area contributed by atoms with Crippen LogP contribution in [0.4, 0.5) is 0 Å². The highest BCUT2D eigenvalue weighted by Gasteiger charge is 2.24. The molecule has 2 aliphatic carbocycles. The first kappa shape index (κ1) is 12.1. The molecule has 0 radical (unpaired) electrons. The van der Waals surface area contributed by atoms with Crippen LogP contribution < -0.4 is 0 Å². The van der Waals surface area contributed by atoms with Crippen LogP contribution >= 0.6 is 0 Å². The van der Waals surface area contributed by atoms with Crippen molar-refractivity contribution in [2.75, 3.05) is 0 Å². The normalized spacial score (nSPS) is 46.0. The monoisotopic (exact) mass is 296 g/mol. The van der Waals surface area contributed by atoms with E-state index in [-0.39, 0.29) is 12.3 Å². The van der Waals surface area contributed by atoms with Gasteiger partial charge >= 0.3 is 0 Å². The maximum Gasteiger partial charge on any atom is 0.123 e. The minimum atomic E-state index is -2.03. The van der Waals surface area contributed by atoms with Crippen LogP contribution in [-0.4, -0.2) is 6.29 Å². The summed E-state index contributed by atoms with van der Waals surface area (Å²) in [5, 5.41) is 0. The van der Waals surface area contributed by atoms with Crippen LogP contribution in [0.2, 0.25) is 0 Å². The topological polar surface area (TPSA) is 17.1 Å². The Morgan fingerprint density at radius 2 is 1.57 bits per heavy atom. The number of carbonyl (C=O) groups excluding carboxylic acids is 1. The molecule has 0 aliphatic heterocycles. The highest BCUT2D eigenvalue weighted by molar-refractivity contribution is 5.53. The Kier molecular flexibility index (Phi) is 5.57. The highest BCUT2D eigenvalue weighted by atomic mass is 16.1. The van der Waals surface area contributed by atoms with Crippen LogP contribution in [0.15, 0.2) is 0 Å². The molecule has 0 heterocycles. The van der Waals surface area contributed by atoms with Crippen molar-refractivity contribution in [3.8, 4) is 0 Å². The fraction of sp³-hybridized carbons (Fsp3) is 0.950. The van der Waals surface area contributed by atoms with E-state index in [1.807, 2.05) is 0 Å². The second kappa shape index (κ2) is 9.64. The van der Waals surface area contributed by atoms with Crippen molar-refractivity contribution < 1.29 is 10.3 Å². The van der Waals surface area contributed by atoms with E-state index in [0.29, 0.717) is 12.7 Å². The molecular weight excluding hydrogens is 256 g/mol. The quantitative estimate of drug-likeness (QED) is 0.387. The van der Waals surface area contributed by atoms with Crippen LogP contribution in [-0.2, 0) is 4.79 Å². The van der Waals surface area contributed by atoms with Gasteiger partial charge in [-0.2, -0.15) is 0 Å². The first-order valence-electron chi connectivity index (χ1n) is 11.3. The van der Waals surface area contributed by atoms with Crippen molar-refractivity contribution in [1.82, 2.24) is 0 Å². The van der Waals surface area contributed by atoms with Crippen LogP contribution in [0.5, 0.6) is 0 Å². The van der Waals surface area contributed by atoms with E-state index in [1.54, 1.807) is 0 Å². The second-order valence-electron chi connectivity index (χ2n) is 7.21. The minimum Gasteiger partial charge on any atom is -0.303 e. The largest absolute Gasteiger partial charge is 0.303 e. The molecule has 1 nitrogen and oxygen atoms in total. The predicted octanol–water partition coefficient (Wildman–Crippen LogP) is 6.16. The molecule has 0 amide bonds. The molecule has 2 rings (SSSR count). The SMILES string of the molecule is [2H]C1C(CCC2CCC(CCCCC)CC2)CCC([2H])(C=O)C1([2H])[2H]. The molecule has 0 saturated heterocycles. The van der Waals surface area contributed by atoms with E-state index in [4.69, 9.17) is 5.48 Å². The summed E-state index contributed by atoms with van der Waals surface area (Å²) in [6.07, 6.45) is 11.0. The number of aldehydes is 1. The van der Waals surface area contributed by atoms with Gasteiger partial charge < -0.3 is 4.79 Å². The van der Waals surface area contributed by atoms with Crippen molar-refractivity contribution in [2.24, 2.45) is 23.6 Å². The fourth-order valence-electron chi connectivity index (χ4n) is 3.98. The van der Waals surface area contributed by atoms with Gasteiger partial charge in [0.05, 0.1) is 0 Å².